The summed E-state index contributed by atoms with van der Waals surface area (Å²) < 4.78 is 29.1. The van der Waals surface area contributed by atoms with E-state index in [1.54, 1.807) is 32.0 Å². The van der Waals surface area contributed by atoms with Crippen LogP contribution in [0.25, 0.3) is 0 Å². The second-order valence-corrected chi connectivity index (χ2v) is 6.54. The molecule has 4 nitrogen and oxygen atoms in total. The Bertz CT molecular complexity index is 508. The third-order valence-electron chi connectivity index (χ3n) is 1.85. The quantitative estimate of drug-likeness (QED) is 0.798. The second-order valence-electron chi connectivity index (χ2n) is 3.73. The highest BCUT2D eigenvalue weighted by molar-refractivity contribution is 9.10. The molecule has 0 fully saturated rings. The van der Waals surface area contributed by atoms with Crippen LogP contribution < -0.4 is 0 Å². The molecule has 0 aliphatic heterocycles. The van der Waals surface area contributed by atoms with Crippen LogP contribution in [0.1, 0.15) is 13.8 Å². The molecule has 0 atom stereocenters. The molecule has 0 saturated carbocycles. The fourth-order valence-corrected chi connectivity index (χ4v) is 3.44. The van der Waals surface area contributed by atoms with Crippen molar-refractivity contribution in [2.45, 2.75) is 24.8 Å². The molecule has 0 unspecified atom stereocenters. The molecule has 0 aliphatic carbocycles. The fraction of sp³-hybridized carbons (Fsp3) is 0.364. The van der Waals surface area contributed by atoms with E-state index in [-0.39, 0.29) is 11.0 Å². The fourth-order valence-electron chi connectivity index (χ4n) is 1.23. The maximum Gasteiger partial charge on any atom is 0.321 e. The van der Waals surface area contributed by atoms with Gasteiger partial charge in [-0.25, -0.2) is 8.42 Å². The largest absolute Gasteiger partial charge is 0.462 e. The van der Waals surface area contributed by atoms with Crippen LogP contribution in [0.4, 0.5) is 0 Å². The van der Waals surface area contributed by atoms with E-state index in [4.69, 9.17) is 4.74 Å². The average molecular weight is 321 g/mol. The Labute approximate surface area is 109 Å². The van der Waals surface area contributed by atoms with Gasteiger partial charge in [0.2, 0.25) is 0 Å². The Balaban J connectivity index is 2.91. The lowest BCUT2D eigenvalue weighted by molar-refractivity contribution is -0.144. The SMILES string of the molecule is CC(C)OC(=O)CS(=O)(=O)c1ccccc1Br. The standard InChI is InChI=1S/C11H13BrO4S/c1-8(2)16-11(13)7-17(14,15)10-6-4-3-5-9(10)12/h3-6,8H,7H2,1-2H3. The zero-order valence-electron chi connectivity index (χ0n) is 9.51. The Kier molecular flexibility index (Phi) is 4.70. The van der Waals surface area contributed by atoms with Gasteiger partial charge in [-0.1, -0.05) is 12.1 Å². The minimum atomic E-state index is -3.66. The molecule has 0 spiro atoms. The van der Waals surface area contributed by atoms with Gasteiger partial charge in [0.25, 0.3) is 0 Å². The van der Waals surface area contributed by atoms with Crippen LogP contribution in [0.5, 0.6) is 0 Å². The summed E-state index contributed by atoms with van der Waals surface area (Å²) in [6.45, 7) is 3.34. The van der Waals surface area contributed by atoms with Crippen molar-refractivity contribution in [2.24, 2.45) is 0 Å². The number of hydrogen-bond acceptors (Lipinski definition) is 4. The molecule has 17 heavy (non-hydrogen) atoms. The summed E-state index contributed by atoms with van der Waals surface area (Å²) in [7, 11) is -3.66. The number of sulfone groups is 1. The number of halogens is 1. The van der Waals surface area contributed by atoms with Crippen molar-refractivity contribution in [2.75, 3.05) is 5.75 Å². The number of carbonyl (C=O) groups is 1. The Morgan fingerprint density at radius 2 is 1.94 bits per heavy atom. The van der Waals surface area contributed by atoms with Gasteiger partial charge in [0.15, 0.2) is 15.6 Å². The Morgan fingerprint density at radius 3 is 2.47 bits per heavy atom. The summed E-state index contributed by atoms with van der Waals surface area (Å²) in [6.07, 6.45) is -0.322. The highest BCUT2D eigenvalue weighted by atomic mass is 79.9. The van der Waals surface area contributed by atoms with Crippen LogP contribution in [0.3, 0.4) is 0 Å². The molecule has 0 saturated heterocycles. The number of ether oxygens (including phenoxy) is 1. The van der Waals surface area contributed by atoms with Crippen LogP contribution >= 0.6 is 15.9 Å². The van der Waals surface area contributed by atoms with Gasteiger partial charge in [0.05, 0.1) is 11.0 Å². The van der Waals surface area contributed by atoms with Crippen LogP contribution in [-0.2, 0) is 19.4 Å². The van der Waals surface area contributed by atoms with Crippen molar-refractivity contribution in [3.8, 4) is 0 Å². The summed E-state index contributed by atoms with van der Waals surface area (Å²) in [6, 6.07) is 6.36. The molecule has 0 amide bonds. The predicted octanol–water partition coefficient (Wildman–Crippen LogP) is 2.17. The Hall–Kier alpha value is -0.880. The first-order valence-electron chi connectivity index (χ1n) is 4.99. The van der Waals surface area contributed by atoms with Crippen molar-refractivity contribution in [3.63, 3.8) is 0 Å². The minimum absolute atomic E-state index is 0.0979. The summed E-state index contributed by atoms with van der Waals surface area (Å²) in [5.41, 5.74) is 0. The Morgan fingerprint density at radius 1 is 1.35 bits per heavy atom. The normalized spacial score (nSPS) is 11.5. The number of carbonyl (C=O) groups excluding carboxylic acids is 1. The number of hydrogen-bond donors (Lipinski definition) is 0. The van der Waals surface area contributed by atoms with E-state index in [0.29, 0.717) is 4.47 Å². The first kappa shape index (κ1) is 14.2. The molecule has 94 valence electrons. The molecule has 0 bridgehead atoms. The third-order valence-corrected chi connectivity index (χ3v) is 4.44. The zero-order valence-corrected chi connectivity index (χ0v) is 11.9. The lowest BCUT2D eigenvalue weighted by atomic mass is 10.4. The molecule has 0 aliphatic rings. The van der Waals surface area contributed by atoms with Gasteiger partial charge < -0.3 is 4.74 Å². The number of benzene rings is 1. The van der Waals surface area contributed by atoms with Gasteiger partial charge >= 0.3 is 5.97 Å². The molecule has 0 N–H and O–H groups in total. The van der Waals surface area contributed by atoms with E-state index in [1.807, 2.05) is 0 Å². The molecule has 6 heteroatoms. The van der Waals surface area contributed by atoms with Gasteiger partial charge in [-0.15, -0.1) is 0 Å². The van der Waals surface area contributed by atoms with E-state index in [2.05, 4.69) is 15.9 Å². The van der Waals surface area contributed by atoms with E-state index < -0.39 is 21.6 Å². The highest BCUT2D eigenvalue weighted by Crippen LogP contribution is 2.22. The zero-order chi connectivity index (χ0) is 13.1. The van der Waals surface area contributed by atoms with Gasteiger partial charge in [-0.05, 0) is 41.9 Å². The van der Waals surface area contributed by atoms with Gasteiger partial charge in [0, 0.05) is 4.47 Å². The van der Waals surface area contributed by atoms with E-state index in [9.17, 15) is 13.2 Å². The van der Waals surface area contributed by atoms with E-state index >= 15 is 0 Å². The molecule has 1 aromatic carbocycles. The molecular weight excluding hydrogens is 308 g/mol. The van der Waals surface area contributed by atoms with Gasteiger partial charge in [0.1, 0.15) is 0 Å². The monoisotopic (exact) mass is 320 g/mol. The van der Waals surface area contributed by atoms with Crippen LogP contribution in [0.2, 0.25) is 0 Å². The topological polar surface area (TPSA) is 60.4 Å². The van der Waals surface area contributed by atoms with E-state index in [0.717, 1.165) is 0 Å². The van der Waals surface area contributed by atoms with Crippen molar-refractivity contribution in [1.82, 2.24) is 0 Å². The molecule has 0 aromatic heterocycles. The van der Waals surface area contributed by atoms with Crippen molar-refractivity contribution < 1.29 is 17.9 Å². The number of rotatable bonds is 4. The minimum Gasteiger partial charge on any atom is -0.462 e. The van der Waals surface area contributed by atoms with Crippen molar-refractivity contribution >= 4 is 31.7 Å². The molecule has 0 heterocycles. The predicted molar refractivity (Wildman–Crippen MR) is 67.4 cm³/mol. The summed E-state index contributed by atoms with van der Waals surface area (Å²) in [4.78, 5) is 11.4. The first-order chi connectivity index (χ1) is 7.83. The first-order valence-corrected chi connectivity index (χ1v) is 7.44. The third kappa shape index (κ3) is 4.12. The van der Waals surface area contributed by atoms with Crippen LogP contribution in [-0.4, -0.2) is 26.2 Å². The van der Waals surface area contributed by atoms with Gasteiger partial charge in [-0.3, -0.25) is 4.79 Å². The van der Waals surface area contributed by atoms with Crippen LogP contribution in [0, 0.1) is 0 Å². The second kappa shape index (κ2) is 5.64. The summed E-state index contributed by atoms with van der Waals surface area (Å²) >= 11 is 3.14. The van der Waals surface area contributed by atoms with Gasteiger partial charge in [-0.2, -0.15) is 0 Å². The summed E-state index contributed by atoms with van der Waals surface area (Å²) in [5.74, 6) is -1.39. The molecular formula is C11H13BrO4S. The molecule has 0 radical (unpaired) electrons. The van der Waals surface area contributed by atoms with Crippen molar-refractivity contribution in [1.29, 1.82) is 0 Å². The molecule has 1 rings (SSSR count). The van der Waals surface area contributed by atoms with Crippen LogP contribution in [0.15, 0.2) is 33.6 Å². The molecule has 1 aromatic rings. The summed E-state index contributed by atoms with van der Waals surface area (Å²) in [5, 5.41) is 0. The lowest BCUT2D eigenvalue weighted by Crippen LogP contribution is -2.21. The lowest BCUT2D eigenvalue weighted by Gasteiger charge is -2.09. The van der Waals surface area contributed by atoms with E-state index in [1.165, 1.54) is 6.07 Å². The maximum absolute atomic E-state index is 11.9. The maximum atomic E-state index is 11.9. The average Bonchev–Trinajstić information content (AvgIpc) is 2.15. The smallest absolute Gasteiger partial charge is 0.321 e. The van der Waals surface area contributed by atoms with Crippen molar-refractivity contribution in [3.05, 3.63) is 28.7 Å². The highest BCUT2D eigenvalue weighted by Gasteiger charge is 2.22. The number of esters is 1.